The van der Waals surface area contributed by atoms with E-state index in [2.05, 4.69) is 17.4 Å². The van der Waals surface area contributed by atoms with Crippen molar-refractivity contribution in [2.75, 3.05) is 11.9 Å². The topological polar surface area (TPSA) is 29.1 Å². The molecule has 3 aromatic rings. The monoisotopic (exact) mass is 301 g/mol. The number of aryl methyl sites for hydroxylation is 1. The maximum atomic E-state index is 12.3. The van der Waals surface area contributed by atoms with Gasteiger partial charge in [-0.3, -0.25) is 4.79 Å². The molecule has 0 fully saturated rings. The van der Waals surface area contributed by atoms with Crippen LogP contribution in [-0.4, -0.2) is 12.3 Å². The van der Waals surface area contributed by atoms with E-state index in [1.54, 1.807) is 0 Å². The maximum absolute atomic E-state index is 12.3. The van der Waals surface area contributed by atoms with Crippen LogP contribution in [0.4, 0.5) is 5.69 Å². The third kappa shape index (κ3) is 3.86. The van der Waals surface area contributed by atoms with Crippen LogP contribution >= 0.6 is 0 Å². The number of hydrogen-bond acceptors (Lipinski definition) is 2. The zero-order chi connectivity index (χ0) is 16.1. The van der Waals surface area contributed by atoms with E-state index in [0.717, 1.165) is 22.4 Å². The Morgan fingerprint density at radius 2 is 1.39 bits per heavy atom. The molecule has 0 aliphatic heterocycles. The molecular formula is C21H19NO. The van der Waals surface area contributed by atoms with Crippen molar-refractivity contribution in [2.24, 2.45) is 0 Å². The minimum absolute atomic E-state index is 0.0881. The van der Waals surface area contributed by atoms with Crippen LogP contribution in [0.15, 0.2) is 78.9 Å². The van der Waals surface area contributed by atoms with Crippen LogP contribution in [0.3, 0.4) is 0 Å². The fourth-order valence-corrected chi connectivity index (χ4v) is 2.43. The molecule has 2 nitrogen and oxygen atoms in total. The van der Waals surface area contributed by atoms with Crippen molar-refractivity contribution in [2.45, 2.75) is 6.92 Å². The van der Waals surface area contributed by atoms with Crippen molar-refractivity contribution in [1.29, 1.82) is 0 Å². The molecule has 2 heteroatoms. The van der Waals surface area contributed by atoms with E-state index >= 15 is 0 Å². The SMILES string of the molecule is Cc1ccc(NCC(=O)c2ccc(-c3ccccc3)cc2)cc1. The Hall–Kier alpha value is -2.87. The lowest BCUT2D eigenvalue weighted by Gasteiger charge is -2.07. The Morgan fingerprint density at radius 1 is 0.783 bits per heavy atom. The molecule has 0 heterocycles. The minimum Gasteiger partial charge on any atom is -0.378 e. The molecule has 0 radical (unpaired) electrons. The van der Waals surface area contributed by atoms with Crippen LogP contribution in [0.25, 0.3) is 11.1 Å². The van der Waals surface area contributed by atoms with Crippen molar-refractivity contribution in [3.8, 4) is 11.1 Å². The van der Waals surface area contributed by atoms with E-state index in [0.29, 0.717) is 6.54 Å². The third-order valence-corrected chi connectivity index (χ3v) is 3.82. The van der Waals surface area contributed by atoms with Gasteiger partial charge in [-0.25, -0.2) is 0 Å². The van der Waals surface area contributed by atoms with Crippen LogP contribution in [0.5, 0.6) is 0 Å². The first-order valence-corrected chi connectivity index (χ1v) is 7.71. The van der Waals surface area contributed by atoms with Crippen molar-refractivity contribution >= 4 is 11.5 Å². The fraction of sp³-hybridized carbons (Fsp3) is 0.0952. The number of Topliss-reactive ketones (excluding diaryl/α,β-unsaturated/α-hetero) is 1. The summed E-state index contributed by atoms with van der Waals surface area (Å²) in [7, 11) is 0. The maximum Gasteiger partial charge on any atom is 0.181 e. The predicted molar refractivity (Wildman–Crippen MR) is 95.9 cm³/mol. The van der Waals surface area contributed by atoms with Gasteiger partial charge in [0.2, 0.25) is 0 Å². The first-order valence-electron chi connectivity index (χ1n) is 7.71. The molecule has 23 heavy (non-hydrogen) atoms. The summed E-state index contributed by atoms with van der Waals surface area (Å²) >= 11 is 0. The summed E-state index contributed by atoms with van der Waals surface area (Å²) in [6, 6.07) is 26.0. The molecule has 0 saturated carbocycles. The molecule has 0 aliphatic rings. The predicted octanol–water partition coefficient (Wildman–Crippen LogP) is 4.96. The van der Waals surface area contributed by atoms with E-state index in [1.807, 2.05) is 73.7 Å². The third-order valence-electron chi connectivity index (χ3n) is 3.82. The Balaban J connectivity index is 1.65. The second-order valence-corrected chi connectivity index (χ2v) is 5.59. The van der Waals surface area contributed by atoms with Gasteiger partial charge in [0.25, 0.3) is 0 Å². The van der Waals surface area contributed by atoms with Crippen molar-refractivity contribution in [1.82, 2.24) is 0 Å². The Morgan fingerprint density at radius 3 is 2.04 bits per heavy atom. The van der Waals surface area contributed by atoms with Crippen LogP contribution < -0.4 is 5.32 Å². The molecule has 114 valence electrons. The summed E-state index contributed by atoms with van der Waals surface area (Å²) in [6.07, 6.45) is 0. The van der Waals surface area contributed by atoms with E-state index in [4.69, 9.17) is 0 Å². The second-order valence-electron chi connectivity index (χ2n) is 5.59. The molecule has 0 amide bonds. The van der Waals surface area contributed by atoms with Gasteiger partial charge in [-0.1, -0.05) is 72.3 Å². The number of anilines is 1. The lowest BCUT2D eigenvalue weighted by Crippen LogP contribution is -2.13. The highest BCUT2D eigenvalue weighted by Crippen LogP contribution is 2.19. The summed E-state index contributed by atoms with van der Waals surface area (Å²) in [4.78, 5) is 12.3. The summed E-state index contributed by atoms with van der Waals surface area (Å²) in [5.74, 6) is 0.0881. The van der Waals surface area contributed by atoms with Gasteiger partial charge in [-0.15, -0.1) is 0 Å². The van der Waals surface area contributed by atoms with Gasteiger partial charge in [-0.05, 0) is 30.2 Å². The smallest absolute Gasteiger partial charge is 0.181 e. The van der Waals surface area contributed by atoms with Gasteiger partial charge in [0.05, 0.1) is 6.54 Å². The van der Waals surface area contributed by atoms with Crippen LogP contribution in [-0.2, 0) is 0 Å². The standard InChI is InChI=1S/C21H19NO/c1-16-7-13-20(14-8-16)22-15-21(23)19-11-9-18(10-12-19)17-5-3-2-4-6-17/h2-14,22H,15H2,1H3. The minimum atomic E-state index is 0.0881. The zero-order valence-corrected chi connectivity index (χ0v) is 13.1. The molecule has 0 saturated heterocycles. The highest BCUT2D eigenvalue weighted by molar-refractivity contribution is 5.99. The number of nitrogens with one attached hydrogen (secondary N) is 1. The van der Waals surface area contributed by atoms with Crippen LogP contribution in [0.2, 0.25) is 0 Å². The van der Waals surface area contributed by atoms with Gasteiger partial charge in [0.15, 0.2) is 5.78 Å². The van der Waals surface area contributed by atoms with E-state index < -0.39 is 0 Å². The average molecular weight is 301 g/mol. The molecule has 1 N–H and O–H groups in total. The summed E-state index contributed by atoms with van der Waals surface area (Å²) in [5, 5.41) is 3.17. The number of carbonyl (C=O) groups is 1. The molecule has 0 spiro atoms. The summed E-state index contributed by atoms with van der Waals surface area (Å²) in [5.41, 5.74) is 5.17. The lowest BCUT2D eigenvalue weighted by molar-refractivity contribution is 0.101. The number of carbonyl (C=O) groups excluding carboxylic acids is 1. The van der Waals surface area contributed by atoms with E-state index in [9.17, 15) is 4.79 Å². The quantitative estimate of drug-likeness (QED) is 0.675. The van der Waals surface area contributed by atoms with Crippen molar-refractivity contribution < 1.29 is 4.79 Å². The Kier molecular flexibility index (Phi) is 4.53. The molecule has 3 aromatic carbocycles. The normalized spacial score (nSPS) is 10.3. The van der Waals surface area contributed by atoms with Crippen molar-refractivity contribution in [3.05, 3.63) is 90.0 Å². The molecule has 0 aliphatic carbocycles. The van der Waals surface area contributed by atoms with Crippen LogP contribution in [0.1, 0.15) is 15.9 Å². The summed E-state index contributed by atoms with van der Waals surface area (Å²) in [6.45, 7) is 2.34. The van der Waals surface area contributed by atoms with Crippen LogP contribution in [0, 0.1) is 6.92 Å². The largest absolute Gasteiger partial charge is 0.378 e. The zero-order valence-electron chi connectivity index (χ0n) is 13.1. The van der Waals surface area contributed by atoms with Crippen molar-refractivity contribution in [3.63, 3.8) is 0 Å². The number of hydrogen-bond donors (Lipinski definition) is 1. The average Bonchev–Trinajstić information content (AvgIpc) is 2.62. The number of ketones is 1. The first-order chi connectivity index (χ1) is 11.2. The molecule has 3 rings (SSSR count). The highest BCUT2D eigenvalue weighted by atomic mass is 16.1. The number of benzene rings is 3. The Bertz CT molecular complexity index is 774. The molecular weight excluding hydrogens is 282 g/mol. The van der Waals surface area contributed by atoms with E-state index in [-0.39, 0.29) is 5.78 Å². The first kappa shape index (κ1) is 15.0. The molecule has 0 atom stereocenters. The second kappa shape index (κ2) is 6.93. The molecule has 0 unspecified atom stereocenters. The molecule has 0 bridgehead atoms. The van der Waals surface area contributed by atoms with Gasteiger partial charge >= 0.3 is 0 Å². The number of rotatable bonds is 5. The van der Waals surface area contributed by atoms with Gasteiger partial charge in [-0.2, -0.15) is 0 Å². The lowest BCUT2D eigenvalue weighted by atomic mass is 10.0. The van der Waals surface area contributed by atoms with Gasteiger partial charge in [0, 0.05) is 11.3 Å². The fourth-order valence-electron chi connectivity index (χ4n) is 2.43. The highest BCUT2D eigenvalue weighted by Gasteiger charge is 2.06. The summed E-state index contributed by atoms with van der Waals surface area (Å²) < 4.78 is 0. The van der Waals surface area contributed by atoms with E-state index in [1.165, 1.54) is 5.56 Å². The Labute approximate surface area is 136 Å². The van der Waals surface area contributed by atoms with Gasteiger partial charge < -0.3 is 5.32 Å². The van der Waals surface area contributed by atoms with Gasteiger partial charge in [0.1, 0.15) is 0 Å². The molecule has 0 aromatic heterocycles.